The van der Waals surface area contributed by atoms with Gasteiger partial charge in [0.05, 0.1) is 11.5 Å². The molecule has 0 spiro atoms. The molecule has 2 saturated heterocycles. The second-order valence-electron chi connectivity index (χ2n) is 6.80. The van der Waals surface area contributed by atoms with Crippen molar-refractivity contribution in [2.75, 3.05) is 57.8 Å². The molecule has 6 nitrogen and oxygen atoms in total. The maximum absolute atomic E-state index is 11.4. The molecule has 0 unspecified atom stereocenters. The number of rotatable bonds is 3. The third-order valence-corrected chi connectivity index (χ3v) is 5.95. The summed E-state index contributed by atoms with van der Waals surface area (Å²) in [6.07, 6.45) is 1.19. The minimum absolute atomic E-state index is 0.294. The minimum Gasteiger partial charge on any atom is -0.355 e. The first-order valence-corrected chi connectivity index (χ1v) is 9.52. The Kier molecular flexibility index (Phi) is 5.14. The van der Waals surface area contributed by atoms with Crippen LogP contribution in [-0.2, 0) is 9.84 Å². The topological polar surface area (TPSA) is 65.0 Å². The zero-order valence-corrected chi connectivity index (χ0v) is 14.2. The summed E-state index contributed by atoms with van der Waals surface area (Å²) in [7, 11) is -0.961. The Morgan fingerprint density at radius 2 is 1.90 bits per heavy atom. The molecule has 0 aliphatic carbocycles. The highest BCUT2D eigenvalue weighted by Gasteiger charge is 2.30. The Morgan fingerprint density at radius 1 is 1.24 bits per heavy atom. The van der Waals surface area contributed by atoms with Crippen molar-refractivity contribution >= 4 is 15.8 Å². The van der Waals surface area contributed by atoms with Crippen LogP contribution in [0.15, 0.2) is 4.99 Å². The summed E-state index contributed by atoms with van der Waals surface area (Å²) < 4.78 is 22.8. The standard InChI is InChI=1S/C14H28N4O2S/c1-14(2)4-6-18(12-14)13(15-3)16-5-7-17-8-10-21(19,20)11-9-17/h4-12H2,1-3H3,(H,15,16). The van der Waals surface area contributed by atoms with Crippen LogP contribution in [0.25, 0.3) is 0 Å². The Bertz CT molecular complexity index is 473. The second kappa shape index (κ2) is 6.52. The van der Waals surface area contributed by atoms with Crippen LogP contribution in [0.2, 0.25) is 0 Å². The largest absolute Gasteiger partial charge is 0.355 e. The first-order valence-electron chi connectivity index (χ1n) is 7.70. The van der Waals surface area contributed by atoms with Crippen LogP contribution in [0.1, 0.15) is 20.3 Å². The van der Waals surface area contributed by atoms with Gasteiger partial charge in [-0.2, -0.15) is 0 Å². The van der Waals surface area contributed by atoms with E-state index in [1.807, 2.05) is 7.05 Å². The molecular formula is C14H28N4O2S. The molecule has 21 heavy (non-hydrogen) atoms. The molecule has 2 heterocycles. The Hall–Kier alpha value is -0.820. The van der Waals surface area contributed by atoms with Crippen molar-refractivity contribution in [2.45, 2.75) is 20.3 Å². The molecule has 2 aliphatic rings. The third kappa shape index (κ3) is 4.85. The van der Waals surface area contributed by atoms with E-state index >= 15 is 0 Å². The van der Waals surface area contributed by atoms with E-state index in [-0.39, 0.29) is 0 Å². The molecule has 0 amide bonds. The highest BCUT2D eigenvalue weighted by Crippen LogP contribution is 2.28. The fourth-order valence-corrected chi connectivity index (χ4v) is 4.20. The van der Waals surface area contributed by atoms with Crippen LogP contribution in [0, 0.1) is 5.41 Å². The zero-order chi connectivity index (χ0) is 15.5. The lowest BCUT2D eigenvalue weighted by Gasteiger charge is -2.28. The van der Waals surface area contributed by atoms with Crippen molar-refractivity contribution in [3.05, 3.63) is 0 Å². The molecule has 2 rings (SSSR count). The molecule has 0 aromatic rings. The summed E-state index contributed by atoms with van der Waals surface area (Å²) in [6, 6.07) is 0. The van der Waals surface area contributed by atoms with Gasteiger partial charge in [-0.3, -0.25) is 9.89 Å². The minimum atomic E-state index is -2.78. The van der Waals surface area contributed by atoms with Gasteiger partial charge in [0.2, 0.25) is 0 Å². The van der Waals surface area contributed by atoms with Gasteiger partial charge in [0, 0.05) is 46.3 Å². The number of nitrogens with one attached hydrogen (secondary N) is 1. The maximum Gasteiger partial charge on any atom is 0.193 e. The molecule has 2 aliphatic heterocycles. The van der Waals surface area contributed by atoms with E-state index < -0.39 is 9.84 Å². The van der Waals surface area contributed by atoms with Crippen molar-refractivity contribution in [2.24, 2.45) is 10.4 Å². The first-order chi connectivity index (χ1) is 9.81. The summed E-state index contributed by atoms with van der Waals surface area (Å²) in [5.41, 5.74) is 0.360. The van der Waals surface area contributed by atoms with Gasteiger partial charge in [0.1, 0.15) is 0 Å². The van der Waals surface area contributed by atoms with Crippen molar-refractivity contribution in [1.82, 2.24) is 15.1 Å². The third-order valence-electron chi connectivity index (χ3n) is 4.34. The average molecular weight is 316 g/mol. The molecule has 0 saturated carbocycles. The lowest BCUT2D eigenvalue weighted by molar-refractivity contribution is 0.297. The van der Waals surface area contributed by atoms with Crippen LogP contribution in [0.5, 0.6) is 0 Å². The predicted molar refractivity (Wildman–Crippen MR) is 86.4 cm³/mol. The summed E-state index contributed by atoms with van der Waals surface area (Å²) in [5, 5.41) is 3.40. The van der Waals surface area contributed by atoms with Crippen molar-refractivity contribution in [3.63, 3.8) is 0 Å². The predicted octanol–water partition coefficient (Wildman–Crippen LogP) is 0.0241. The van der Waals surface area contributed by atoms with E-state index in [0.29, 0.717) is 30.0 Å². The molecular weight excluding hydrogens is 288 g/mol. The highest BCUT2D eigenvalue weighted by atomic mass is 32.2. The Labute approximate surface area is 128 Å². The van der Waals surface area contributed by atoms with Gasteiger partial charge in [0.25, 0.3) is 0 Å². The van der Waals surface area contributed by atoms with Gasteiger partial charge in [-0.25, -0.2) is 8.42 Å². The van der Waals surface area contributed by atoms with E-state index in [0.717, 1.165) is 32.1 Å². The van der Waals surface area contributed by atoms with E-state index in [9.17, 15) is 8.42 Å². The van der Waals surface area contributed by atoms with Gasteiger partial charge in [0.15, 0.2) is 15.8 Å². The number of aliphatic imine (C=N–C) groups is 1. The summed E-state index contributed by atoms with van der Waals surface area (Å²) in [6.45, 7) is 9.64. The molecule has 7 heteroatoms. The number of nitrogens with zero attached hydrogens (tertiary/aromatic N) is 3. The molecule has 122 valence electrons. The number of sulfone groups is 1. The normalized spacial score (nSPS) is 26.0. The van der Waals surface area contributed by atoms with Crippen molar-refractivity contribution in [1.29, 1.82) is 0 Å². The second-order valence-corrected chi connectivity index (χ2v) is 9.11. The van der Waals surface area contributed by atoms with Crippen LogP contribution in [0.3, 0.4) is 0 Å². The number of guanidine groups is 1. The van der Waals surface area contributed by atoms with Gasteiger partial charge < -0.3 is 10.2 Å². The van der Waals surface area contributed by atoms with Crippen LogP contribution in [0.4, 0.5) is 0 Å². The molecule has 0 atom stereocenters. The fourth-order valence-electron chi connectivity index (χ4n) is 2.93. The first kappa shape index (κ1) is 16.5. The number of hydrogen-bond acceptors (Lipinski definition) is 4. The fraction of sp³-hybridized carbons (Fsp3) is 0.929. The Balaban J connectivity index is 1.73. The van der Waals surface area contributed by atoms with E-state index in [4.69, 9.17) is 0 Å². The SMILES string of the molecule is CN=C(NCCN1CCS(=O)(=O)CC1)N1CCC(C)(C)C1. The molecule has 0 bridgehead atoms. The number of likely N-dealkylation sites (tertiary alicyclic amines) is 1. The van der Waals surface area contributed by atoms with E-state index in [1.54, 1.807) is 0 Å². The maximum atomic E-state index is 11.4. The zero-order valence-electron chi connectivity index (χ0n) is 13.4. The highest BCUT2D eigenvalue weighted by molar-refractivity contribution is 7.91. The average Bonchev–Trinajstić information content (AvgIpc) is 2.77. The molecule has 0 radical (unpaired) electrons. The molecule has 0 aromatic carbocycles. The molecule has 2 fully saturated rings. The van der Waals surface area contributed by atoms with Crippen molar-refractivity contribution < 1.29 is 8.42 Å². The van der Waals surface area contributed by atoms with E-state index in [2.05, 4.69) is 34.0 Å². The molecule has 0 aromatic heterocycles. The van der Waals surface area contributed by atoms with Gasteiger partial charge >= 0.3 is 0 Å². The summed E-state index contributed by atoms with van der Waals surface area (Å²) in [4.78, 5) is 8.87. The van der Waals surface area contributed by atoms with Crippen LogP contribution >= 0.6 is 0 Å². The monoisotopic (exact) mass is 316 g/mol. The number of hydrogen-bond donors (Lipinski definition) is 1. The molecule has 1 N–H and O–H groups in total. The van der Waals surface area contributed by atoms with Crippen LogP contribution < -0.4 is 5.32 Å². The smallest absolute Gasteiger partial charge is 0.193 e. The summed E-state index contributed by atoms with van der Waals surface area (Å²) in [5.74, 6) is 1.55. The van der Waals surface area contributed by atoms with Crippen molar-refractivity contribution in [3.8, 4) is 0 Å². The Morgan fingerprint density at radius 3 is 2.43 bits per heavy atom. The van der Waals surface area contributed by atoms with Gasteiger partial charge in [-0.1, -0.05) is 13.8 Å². The van der Waals surface area contributed by atoms with E-state index in [1.165, 1.54) is 6.42 Å². The van der Waals surface area contributed by atoms with Crippen LogP contribution in [-0.4, -0.2) is 82.0 Å². The van der Waals surface area contributed by atoms with Gasteiger partial charge in [-0.05, 0) is 11.8 Å². The lowest BCUT2D eigenvalue weighted by Crippen LogP contribution is -2.46. The lowest BCUT2D eigenvalue weighted by atomic mass is 9.93. The quantitative estimate of drug-likeness (QED) is 0.588. The van der Waals surface area contributed by atoms with Gasteiger partial charge in [-0.15, -0.1) is 0 Å². The summed E-state index contributed by atoms with van der Waals surface area (Å²) >= 11 is 0.